The lowest BCUT2D eigenvalue weighted by molar-refractivity contribution is -0.140. The fraction of sp³-hybridized carbons (Fsp3) is 0.571. The lowest BCUT2D eigenvalue weighted by Crippen LogP contribution is -2.41. The SMILES string of the molecule is CCC(OC(=O)NCC1(CC(=O)O)CCCCC1)OC(=O)c1ccc(OC)cc1. The largest absolute Gasteiger partial charge is 0.497 e. The van der Waals surface area contributed by atoms with E-state index in [1.165, 1.54) is 7.11 Å². The van der Waals surface area contributed by atoms with E-state index in [-0.39, 0.29) is 19.4 Å². The number of amides is 1. The number of carboxylic acids is 1. The number of carboxylic acid groups (broad SMARTS) is 1. The van der Waals surface area contributed by atoms with Crippen molar-refractivity contribution in [2.45, 2.75) is 58.2 Å². The Balaban J connectivity index is 1.87. The molecule has 0 spiro atoms. The Bertz CT molecular complexity index is 695. The maximum Gasteiger partial charge on any atom is 0.410 e. The van der Waals surface area contributed by atoms with Crippen LogP contribution in [0.1, 0.15) is 62.2 Å². The number of hydrogen-bond acceptors (Lipinski definition) is 6. The standard InChI is InChI=1S/C21H29NO7/c1-3-18(28-19(25)15-7-9-16(27-2)10-8-15)29-20(26)22-14-21(13-17(23)24)11-5-4-6-12-21/h7-10,18H,3-6,11-14H2,1-2H3,(H,22,26)(H,23,24). The molecule has 1 atom stereocenters. The highest BCUT2D eigenvalue weighted by atomic mass is 16.7. The van der Waals surface area contributed by atoms with E-state index < -0.39 is 29.7 Å². The molecule has 8 heteroatoms. The second kappa shape index (κ2) is 10.7. The van der Waals surface area contributed by atoms with Gasteiger partial charge in [-0.15, -0.1) is 0 Å². The average Bonchev–Trinajstić information content (AvgIpc) is 2.72. The predicted molar refractivity (Wildman–Crippen MR) is 105 cm³/mol. The van der Waals surface area contributed by atoms with Crippen LogP contribution in [0.3, 0.4) is 0 Å². The van der Waals surface area contributed by atoms with Crippen LogP contribution >= 0.6 is 0 Å². The first-order valence-corrected chi connectivity index (χ1v) is 9.89. The van der Waals surface area contributed by atoms with Gasteiger partial charge >= 0.3 is 18.0 Å². The van der Waals surface area contributed by atoms with E-state index in [4.69, 9.17) is 14.2 Å². The molecule has 1 aromatic carbocycles. The molecule has 0 aromatic heterocycles. The molecule has 1 amide bonds. The molecule has 29 heavy (non-hydrogen) atoms. The van der Waals surface area contributed by atoms with Crippen molar-refractivity contribution in [1.82, 2.24) is 5.32 Å². The third kappa shape index (κ3) is 6.96. The highest BCUT2D eigenvalue weighted by Gasteiger charge is 2.35. The van der Waals surface area contributed by atoms with E-state index in [2.05, 4.69) is 5.32 Å². The minimum absolute atomic E-state index is 0.0109. The molecule has 1 aromatic rings. The van der Waals surface area contributed by atoms with Gasteiger partial charge in [-0.1, -0.05) is 26.2 Å². The van der Waals surface area contributed by atoms with Gasteiger partial charge in [0.05, 0.1) is 19.1 Å². The molecule has 2 N–H and O–H groups in total. The molecule has 0 aliphatic heterocycles. The quantitative estimate of drug-likeness (QED) is 0.474. The van der Waals surface area contributed by atoms with Gasteiger partial charge in [0, 0.05) is 13.0 Å². The first-order chi connectivity index (χ1) is 13.9. The fourth-order valence-corrected chi connectivity index (χ4v) is 3.56. The summed E-state index contributed by atoms with van der Waals surface area (Å²) >= 11 is 0. The number of nitrogens with one attached hydrogen (secondary N) is 1. The summed E-state index contributed by atoms with van der Waals surface area (Å²) in [6.45, 7) is 1.95. The molecular weight excluding hydrogens is 378 g/mol. The van der Waals surface area contributed by atoms with Crippen LogP contribution in [-0.4, -0.2) is 43.1 Å². The zero-order chi connectivity index (χ0) is 21.3. The van der Waals surface area contributed by atoms with Crippen LogP contribution in [0.4, 0.5) is 4.79 Å². The van der Waals surface area contributed by atoms with Gasteiger partial charge in [0.25, 0.3) is 0 Å². The van der Waals surface area contributed by atoms with Crippen LogP contribution in [0.2, 0.25) is 0 Å². The van der Waals surface area contributed by atoms with Crippen molar-refractivity contribution in [3.05, 3.63) is 29.8 Å². The van der Waals surface area contributed by atoms with E-state index >= 15 is 0 Å². The van der Waals surface area contributed by atoms with Crippen LogP contribution in [-0.2, 0) is 14.3 Å². The van der Waals surface area contributed by atoms with Gasteiger partial charge < -0.3 is 24.6 Å². The molecule has 0 bridgehead atoms. The summed E-state index contributed by atoms with van der Waals surface area (Å²) in [6.07, 6.45) is 3.01. The number of carbonyl (C=O) groups is 3. The van der Waals surface area contributed by atoms with Gasteiger partial charge in [-0.25, -0.2) is 9.59 Å². The molecule has 0 radical (unpaired) electrons. The Labute approximate surface area is 170 Å². The molecule has 160 valence electrons. The zero-order valence-corrected chi connectivity index (χ0v) is 16.9. The number of aliphatic carboxylic acids is 1. The van der Waals surface area contributed by atoms with Crippen LogP contribution in [0.15, 0.2) is 24.3 Å². The maximum absolute atomic E-state index is 12.2. The second-order valence-corrected chi connectivity index (χ2v) is 7.36. The molecule has 1 aliphatic carbocycles. The fourth-order valence-electron chi connectivity index (χ4n) is 3.56. The summed E-state index contributed by atoms with van der Waals surface area (Å²) in [6, 6.07) is 6.40. The summed E-state index contributed by atoms with van der Waals surface area (Å²) in [4.78, 5) is 35.7. The van der Waals surface area contributed by atoms with Crippen molar-refractivity contribution in [1.29, 1.82) is 0 Å². The van der Waals surface area contributed by atoms with Gasteiger partial charge in [-0.05, 0) is 42.5 Å². The normalized spacial score (nSPS) is 16.3. The second-order valence-electron chi connectivity index (χ2n) is 7.36. The number of hydrogen-bond donors (Lipinski definition) is 2. The van der Waals surface area contributed by atoms with E-state index in [1.807, 2.05) is 0 Å². The molecule has 1 saturated carbocycles. The molecule has 8 nitrogen and oxygen atoms in total. The average molecular weight is 407 g/mol. The third-order valence-electron chi connectivity index (χ3n) is 5.18. The minimum Gasteiger partial charge on any atom is -0.497 e. The molecule has 0 saturated heterocycles. The lowest BCUT2D eigenvalue weighted by atomic mass is 9.72. The van der Waals surface area contributed by atoms with Gasteiger partial charge in [-0.2, -0.15) is 0 Å². The highest BCUT2D eigenvalue weighted by molar-refractivity contribution is 5.89. The van der Waals surface area contributed by atoms with E-state index in [0.717, 1.165) is 32.1 Å². The van der Waals surface area contributed by atoms with Crippen molar-refractivity contribution < 1.29 is 33.7 Å². The van der Waals surface area contributed by atoms with Crippen molar-refractivity contribution in [3.8, 4) is 5.75 Å². The summed E-state index contributed by atoms with van der Waals surface area (Å²) in [5, 5.41) is 11.9. The molecule has 1 aliphatic rings. The summed E-state index contributed by atoms with van der Waals surface area (Å²) < 4.78 is 15.5. The van der Waals surface area contributed by atoms with Crippen LogP contribution in [0, 0.1) is 5.41 Å². The van der Waals surface area contributed by atoms with Crippen molar-refractivity contribution in [2.75, 3.05) is 13.7 Å². The molecular formula is C21H29NO7. The first-order valence-electron chi connectivity index (χ1n) is 9.89. The molecule has 0 heterocycles. The first kappa shape index (κ1) is 22.5. The number of benzene rings is 1. The van der Waals surface area contributed by atoms with Crippen LogP contribution in [0.25, 0.3) is 0 Å². The van der Waals surface area contributed by atoms with Gasteiger partial charge in [0.15, 0.2) is 0 Å². The molecule has 1 unspecified atom stereocenters. The van der Waals surface area contributed by atoms with Gasteiger partial charge in [0.2, 0.25) is 6.29 Å². The van der Waals surface area contributed by atoms with Crippen molar-refractivity contribution in [3.63, 3.8) is 0 Å². The number of methoxy groups -OCH3 is 1. The molecule has 1 fully saturated rings. The Morgan fingerprint density at radius 1 is 1.10 bits per heavy atom. The third-order valence-corrected chi connectivity index (χ3v) is 5.18. The highest BCUT2D eigenvalue weighted by Crippen LogP contribution is 2.38. The monoisotopic (exact) mass is 407 g/mol. The summed E-state index contributed by atoms with van der Waals surface area (Å²) in [5.74, 6) is -0.869. The maximum atomic E-state index is 12.2. The lowest BCUT2D eigenvalue weighted by Gasteiger charge is -2.36. The van der Waals surface area contributed by atoms with E-state index in [1.54, 1.807) is 31.2 Å². The zero-order valence-electron chi connectivity index (χ0n) is 16.9. The minimum atomic E-state index is -1.04. The van der Waals surface area contributed by atoms with Crippen LogP contribution < -0.4 is 10.1 Å². The Kier molecular flexibility index (Phi) is 8.30. The number of carbonyl (C=O) groups excluding carboxylic acids is 2. The number of ether oxygens (including phenoxy) is 3. The number of esters is 1. The van der Waals surface area contributed by atoms with Crippen LogP contribution in [0.5, 0.6) is 5.75 Å². The summed E-state index contributed by atoms with van der Waals surface area (Å²) in [5.41, 5.74) is -0.138. The number of alkyl carbamates (subject to hydrolysis) is 1. The van der Waals surface area contributed by atoms with E-state index in [9.17, 15) is 19.5 Å². The topological polar surface area (TPSA) is 111 Å². The number of rotatable bonds is 9. The van der Waals surface area contributed by atoms with E-state index in [0.29, 0.717) is 11.3 Å². The molecule has 2 rings (SSSR count). The Morgan fingerprint density at radius 2 is 1.76 bits per heavy atom. The smallest absolute Gasteiger partial charge is 0.410 e. The summed E-state index contributed by atoms with van der Waals surface area (Å²) in [7, 11) is 1.53. The van der Waals surface area contributed by atoms with Crippen molar-refractivity contribution >= 4 is 18.0 Å². The Morgan fingerprint density at radius 3 is 2.31 bits per heavy atom. The van der Waals surface area contributed by atoms with Gasteiger partial charge in [0.1, 0.15) is 5.75 Å². The Hall–Kier alpha value is -2.77. The van der Waals surface area contributed by atoms with Crippen molar-refractivity contribution in [2.24, 2.45) is 5.41 Å². The van der Waals surface area contributed by atoms with Gasteiger partial charge in [-0.3, -0.25) is 4.79 Å². The predicted octanol–water partition coefficient (Wildman–Crippen LogP) is 3.74.